The van der Waals surface area contributed by atoms with E-state index in [2.05, 4.69) is 35.9 Å². The monoisotopic (exact) mass is 555 g/mol. The van der Waals surface area contributed by atoms with E-state index < -0.39 is 11.5 Å². The van der Waals surface area contributed by atoms with E-state index in [0.29, 0.717) is 40.9 Å². The van der Waals surface area contributed by atoms with E-state index in [0.717, 1.165) is 11.3 Å². The second-order valence-corrected chi connectivity index (χ2v) is 10.1. The van der Waals surface area contributed by atoms with Gasteiger partial charge in [-0.1, -0.05) is 13.0 Å². The second kappa shape index (κ2) is 10.0. The Kier molecular flexibility index (Phi) is 7.19. The van der Waals surface area contributed by atoms with Crippen LogP contribution in [0.3, 0.4) is 0 Å². The largest absolute Gasteiger partial charge is 0.486 e. The van der Waals surface area contributed by atoms with Crippen molar-refractivity contribution in [1.82, 2.24) is 19.5 Å². The van der Waals surface area contributed by atoms with Crippen molar-refractivity contribution in [2.45, 2.75) is 46.8 Å². The molecule has 188 valence electrons. The molecule has 0 radical (unpaired) electrons. The Labute approximate surface area is 216 Å². The van der Waals surface area contributed by atoms with Gasteiger partial charge in [-0.25, -0.2) is 15.0 Å². The van der Waals surface area contributed by atoms with Crippen LogP contribution in [0.4, 0.5) is 4.39 Å². The zero-order chi connectivity index (χ0) is 26.2. The first-order valence-electron chi connectivity index (χ1n) is 11.5. The molecule has 0 fully saturated rings. The highest BCUT2D eigenvalue weighted by atomic mass is 79.9. The number of aliphatic imine (C=N–C) groups is 1. The number of aliphatic hydroxyl groups is 1. The molecular formula is C26H27BrFN5O3. The Bertz CT molecular complexity index is 1440. The van der Waals surface area contributed by atoms with E-state index in [9.17, 15) is 14.3 Å². The van der Waals surface area contributed by atoms with Gasteiger partial charge in [0.25, 0.3) is 5.56 Å². The summed E-state index contributed by atoms with van der Waals surface area (Å²) < 4.78 is 21.1. The highest BCUT2D eigenvalue weighted by Crippen LogP contribution is 2.29. The molecule has 1 aliphatic rings. The van der Waals surface area contributed by atoms with Gasteiger partial charge in [0, 0.05) is 36.1 Å². The normalized spacial score (nSPS) is 15.9. The van der Waals surface area contributed by atoms with Crippen molar-refractivity contribution in [1.29, 1.82) is 0 Å². The summed E-state index contributed by atoms with van der Waals surface area (Å²) in [6.45, 7) is 9.44. The summed E-state index contributed by atoms with van der Waals surface area (Å²) in [6.07, 6.45) is 3.52. The van der Waals surface area contributed by atoms with Crippen LogP contribution in [-0.4, -0.2) is 36.9 Å². The number of dihydropyridines is 1. The highest BCUT2D eigenvalue weighted by Gasteiger charge is 2.25. The Morgan fingerprint density at radius 2 is 2.03 bits per heavy atom. The van der Waals surface area contributed by atoms with Crippen molar-refractivity contribution in [3.05, 3.63) is 85.8 Å². The molecule has 36 heavy (non-hydrogen) atoms. The summed E-state index contributed by atoms with van der Waals surface area (Å²) in [5.41, 5.74) is 2.41. The van der Waals surface area contributed by atoms with Gasteiger partial charge in [-0.3, -0.25) is 14.4 Å². The van der Waals surface area contributed by atoms with Crippen LogP contribution in [0.1, 0.15) is 49.2 Å². The van der Waals surface area contributed by atoms with Gasteiger partial charge in [0.1, 0.15) is 22.4 Å². The predicted molar refractivity (Wildman–Crippen MR) is 139 cm³/mol. The summed E-state index contributed by atoms with van der Waals surface area (Å²) in [5.74, 6) is 0.0197. The average Bonchev–Trinajstić information content (AvgIpc) is 2.81. The minimum atomic E-state index is -1.20. The summed E-state index contributed by atoms with van der Waals surface area (Å²) in [4.78, 5) is 30.7. The van der Waals surface area contributed by atoms with Gasteiger partial charge in [-0.2, -0.15) is 4.39 Å². The van der Waals surface area contributed by atoms with Gasteiger partial charge < -0.3 is 9.84 Å². The maximum absolute atomic E-state index is 13.4. The molecule has 0 saturated heterocycles. The molecule has 0 saturated carbocycles. The number of rotatable bonds is 6. The number of aromatic nitrogens is 4. The molecule has 0 aliphatic carbocycles. The van der Waals surface area contributed by atoms with Crippen LogP contribution in [0.5, 0.6) is 5.75 Å². The minimum absolute atomic E-state index is 0.0195. The topological polar surface area (TPSA) is 102 Å². The molecule has 0 amide bonds. The molecule has 4 heterocycles. The summed E-state index contributed by atoms with van der Waals surface area (Å²) in [7, 11) is 0. The Morgan fingerprint density at radius 3 is 2.72 bits per heavy atom. The van der Waals surface area contributed by atoms with Crippen LogP contribution in [0.15, 0.2) is 50.8 Å². The SMILES string of the molecule is Cc1cnc(C(C)(C)O)nc1C1=NC[C@@H](C)C(n2c(C)cc(OCc3cccc(F)n3)c(Br)c2=O)=C1. The fourth-order valence-electron chi connectivity index (χ4n) is 3.87. The molecule has 0 bridgehead atoms. The molecule has 3 aromatic rings. The second-order valence-electron chi connectivity index (χ2n) is 9.33. The molecule has 0 aromatic carbocycles. The molecular weight excluding hydrogens is 529 g/mol. The molecule has 10 heteroatoms. The molecule has 0 spiro atoms. The number of ether oxygens (including phenoxy) is 1. The lowest BCUT2D eigenvalue weighted by Crippen LogP contribution is -2.29. The summed E-state index contributed by atoms with van der Waals surface area (Å²) >= 11 is 3.38. The third-order valence-corrected chi connectivity index (χ3v) is 6.52. The third-order valence-electron chi connectivity index (χ3n) is 5.79. The van der Waals surface area contributed by atoms with Crippen molar-refractivity contribution in [2.24, 2.45) is 10.9 Å². The van der Waals surface area contributed by atoms with Gasteiger partial charge in [0.05, 0.1) is 17.1 Å². The van der Waals surface area contributed by atoms with Gasteiger partial charge in [-0.05, 0) is 67.4 Å². The molecule has 1 atom stereocenters. The minimum Gasteiger partial charge on any atom is -0.486 e. The first-order chi connectivity index (χ1) is 17.0. The quantitative estimate of drug-likeness (QED) is 0.454. The lowest BCUT2D eigenvalue weighted by atomic mass is 9.99. The number of halogens is 2. The van der Waals surface area contributed by atoms with Crippen LogP contribution in [0, 0.1) is 25.7 Å². The number of nitrogens with zero attached hydrogens (tertiary/aromatic N) is 5. The van der Waals surface area contributed by atoms with Crippen LogP contribution < -0.4 is 10.3 Å². The Morgan fingerprint density at radius 1 is 1.28 bits per heavy atom. The predicted octanol–water partition coefficient (Wildman–Crippen LogP) is 4.34. The zero-order valence-electron chi connectivity index (χ0n) is 20.7. The standard InChI is InChI=1S/C26H27BrFN5O3/c1-14-11-29-18(23-15(2)12-30-25(32-23)26(4,5)35)10-19(14)33-16(3)9-20(22(27)24(33)34)36-13-17-7-6-8-21(28)31-17/h6-10,12,14,35H,11,13H2,1-5H3/t14-/m1/s1. The van der Waals surface area contributed by atoms with Crippen molar-refractivity contribution >= 4 is 27.3 Å². The van der Waals surface area contributed by atoms with Crippen molar-refractivity contribution in [3.8, 4) is 5.75 Å². The lowest BCUT2D eigenvalue weighted by molar-refractivity contribution is 0.0686. The van der Waals surface area contributed by atoms with Gasteiger partial charge >= 0.3 is 0 Å². The molecule has 3 aromatic heterocycles. The third kappa shape index (κ3) is 5.29. The van der Waals surface area contributed by atoms with Crippen LogP contribution in [0.25, 0.3) is 5.70 Å². The number of hydrogen-bond acceptors (Lipinski definition) is 7. The van der Waals surface area contributed by atoms with Crippen LogP contribution in [-0.2, 0) is 12.2 Å². The first-order valence-corrected chi connectivity index (χ1v) is 12.2. The molecule has 4 rings (SSSR count). The molecule has 1 N–H and O–H groups in total. The lowest BCUT2D eigenvalue weighted by Gasteiger charge is -2.25. The average molecular weight is 556 g/mol. The zero-order valence-corrected chi connectivity index (χ0v) is 22.3. The van der Waals surface area contributed by atoms with Gasteiger partial charge in [0.15, 0.2) is 5.82 Å². The van der Waals surface area contributed by atoms with Gasteiger partial charge in [-0.15, -0.1) is 0 Å². The Hall–Kier alpha value is -3.24. The number of aryl methyl sites for hydroxylation is 2. The van der Waals surface area contributed by atoms with Crippen molar-refractivity contribution in [2.75, 3.05) is 6.54 Å². The van der Waals surface area contributed by atoms with Crippen molar-refractivity contribution in [3.63, 3.8) is 0 Å². The fourth-order valence-corrected chi connectivity index (χ4v) is 4.28. The first kappa shape index (κ1) is 25.8. The van der Waals surface area contributed by atoms with E-state index in [1.807, 2.05) is 26.8 Å². The van der Waals surface area contributed by atoms with Crippen molar-refractivity contribution < 1.29 is 14.2 Å². The smallest absolute Gasteiger partial charge is 0.273 e. The number of hydrogen-bond donors (Lipinski definition) is 1. The number of allylic oxidation sites excluding steroid dienone is 1. The molecule has 0 unspecified atom stereocenters. The van der Waals surface area contributed by atoms with E-state index in [-0.39, 0.29) is 22.6 Å². The van der Waals surface area contributed by atoms with Crippen LogP contribution >= 0.6 is 15.9 Å². The fraction of sp³-hybridized carbons (Fsp3) is 0.346. The maximum atomic E-state index is 13.4. The van der Waals surface area contributed by atoms with E-state index >= 15 is 0 Å². The summed E-state index contributed by atoms with van der Waals surface area (Å²) in [6, 6.07) is 6.22. The Balaban J connectivity index is 1.71. The van der Waals surface area contributed by atoms with E-state index in [1.54, 1.807) is 42.8 Å². The molecule has 1 aliphatic heterocycles. The maximum Gasteiger partial charge on any atom is 0.273 e. The van der Waals surface area contributed by atoms with Crippen LogP contribution in [0.2, 0.25) is 0 Å². The van der Waals surface area contributed by atoms with Gasteiger partial charge in [0.2, 0.25) is 5.95 Å². The van der Waals surface area contributed by atoms with E-state index in [1.165, 1.54) is 6.07 Å². The number of pyridine rings is 2. The summed E-state index contributed by atoms with van der Waals surface area (Å²) in [5, 5.41) is 10.4. The highest BCUT2D eigenvalue weighted by molar-refractivity contribution is 9.10. The molecule has 8 nitrogen and oxygen atoms in total. The van der Waals surface area contributed by atoms with E-state index in [4.69, 9.17) is 4.74 Å².